The highest BCUT2D eigenvalue weighted by Gasteiger charge is 2.40. The fraction of sp³-hybridized carbons (Fsp3) is 0.360. The molecular weight excluding hydrogens is 443 g/mol. The van der Waals surface area contributed by atoms with E-state index in [0.29, 0.717) is 41.0 Å². The highest BCUT2D eigenvalue weighted by atomic mass is 35.5. The Labute approximate surface area is 196 Å². The van der Waals surface area contributed by atoms with Gasteiger partial charge in [-0.05, 0) is 72.7 Å². The van der Waals surface area contributed by atoms with Crippen LogP contribution in [0.4, 0.5) is 10.2 Å². The van der Waals surface area contributed by atoms with E-state index >= 15 is 0 Å². The molecule has 2 unspecified atom stereocenters. The average Bonchev–Trinajstić information content (AvgIpc) is 3.51. The zero-order valence-electron chi connectivity index (χ0n) is 18.0. The summed E-state index contributed by atoms with van der Waals surface area (Å²) in [6, 6.07) is 14.6. The van der Waals surface area contributed by atoms with E-state index in [1.807, 2.05) is 18.2 Å². The molecule has 0 amide bonds. The SMILES string of the molecule is Fc1ccc(Cl)c(-c2ccc(NC3CC4CN(Cc5ccc6c(c5)OCO6)C[C@@H]4C3)nn2)c1. The number of fused-ring (bicyclic) bond motifs is 2. The summed E-state index contributed by atoms with van der Waals surface area (Å²) in [5.74, 6) is 3.46. The minimum Gasteiger partial charge on any atom is -0.454 e. The first-order valence-electron chi connectivity index (χ1n) is 11.3. The maximum atomic E-state index is 13.6. The van der Waals surface area contributed by atoms with Crippen LogP contribution < -0.4 is 14.8 Å². The molecular formula is C25H24ClFN4O2. The van der Waals surface area contributed by atoms with E-state index in [1.54, 1.807) is 0 Å². The Morgan fingerprint density at radius 2 is 1.79 bits per heavy atom. The molecule has 0 radical (unpaired) electrons. The largest absolute Gasteiger partial charge is 0.454 e. The normalized spacial score (nSPS) is 23.6. The van der Waals surface area contributed by atoms with Crippen molar-refractivity contribution in [2.75, 3.05) is 25.2 Å². The van der Waals surface area contributed by atoms with Crippen LogP contribution in [0.2, 0.25) is 5.02 Å². The van der Waals surface area contributed by atoms with Crippen LogP contribution in [0.5, 0.6) is 11.5 Å². The zero-order valence-corrected chi connectivity index (χ0v) is 18.8. The molecule has 3 aliphatic rings. The van der Waals surface area contributed by atoms with Gasteiger partial charge >= 0.3 is 0 Å². The molecule has 0 bridgehead atoms. The number of aromatic nitrogens is 2. The maximum absolute atomic E-state index is 13.6. The highest BCUT2D eigenvalue weighted by molar-refractivity contribution is 6.33. The summed E-state index contributed by atoms with van der Waals surface area (Å²) in [7, 11) is 0. The standard InChI is InChI=1S/C25H24ClFN4O2/c26-21-3-2-18(27)10-20(21)22-4-6-25(30-29-22)28-19-8-16-12-31(13-17(16)9-19)11-15-1-5-23-24(7-15)33-14-32-23/h1-7,10,16-17,19H,8-9,11-14H2,(H,28,30)/t16-,17?,19?/m0/s1. The van der Waals surface area contributed by atoms with Gasteiger partial charge in [0.2, 0.25) is 6.79 Å². The van der Waals surface area contributed by atoms with Gasteiger partial charge in [0.1, 0.15) is 11.6 Å². The number of hydrogen-bond acceptors (Lipinski definition) is 6. The molecule has 1 saturated heterocycles. The van der Waals surface area contributed by atoms with Crippen molar-refractivity contribution in [3.05, 3.63) is 64.9 Å². The lowest BCUT2D eigenvalue weighted by Crippen LogP contribution is -2.25. The van der Waals surface area contributed by atoms with Gasteiger partial charge in [0, 0.05) is 31.2 Å². The van der Waals surface area contributed by atoms with Gasteiger partial charge in [0.15, 0.2) is 11.5 Å². The summed E-state index contributed by atoms with van der Waals surface area (Å²) in [4.78, 5) is 2.54. The number of nitrogens with one attached hydrogen (secondary N) is 1. The summed E-state index contributed by atoms with van der Waals surface area (Å²) in [5, 5.41) is 12.6. The summed E-state index contributed by atoms with van der Waals surface area (Å²) in [5.41, 5.74) is 2.38. The van der Waals surface area contributed by atoms with E-state index in [4.69, 9.17) is 21.1 Å². The van der Waals surface area contributed by atoms with Crippen molar-refractivity contribution in [2.24, 2.45) is 11.8 Å². The van der Waals surface area contributed by atoms with Gasteiger partial charge in [-0.2, -0.15) is 0 Å². The molecule has 2 fully saturated rings. The molecule has 1 aliphatic carbocycles. The molecule has 2 aromatic carbocycles. The number of rotatable bonds is 5. The van der Waals surface area contributed by atoms with Crippen molar-refractivity contribution < 1.29 is 13.9 Å². The van der Waals surface area contributed by atoms with Crippen molar-refractivity contribution in [2.45, 2.75) is 25.4 Å². The number of anilines is 1. The first kappa shape index (κ1) is 20.7. The molecule has 3 aromatic rings. The van der Waals surface area contributed by atoms with Crippen LogP contribution in [-0.2, 0) is 6.54 Å². The molecule has 33 heavy (non-hydrogen) atoms. The molecule has 0 spiro atoms. The van der Waals surface area contributed by atoms with Crippen LogP contribution in [0.3, 0.4) is 0 Å². The number of ether oxygens (including phenoxy) is 2. The number of hydrogen-bond donors (Lipinski definition) is 1. The van der Waals surface area contributed by atoms with Crippen LogP contribution in [0, 0.1) is 17.7 Å². The van der Waals surface area contributed by atoms with Crippen molar-refractivity contribution in [1.29, 1.82) is 0 Å². The molecule has 1 aromatic heterocycles. The first-order chi connectivity index (χ1) is 16.1. The van der Waals surface area contributed by atoms with Crippen molar-refractivity contribution in [3.63, 3.8) is 0 Å². The van der Waals surface area contributed by atoms with E-state index in [-0.39, 0.29) is 5.82 Å². The van der Waals surface area contributed by atoms with Gasteiger partial charge in [-0.3, -0.25) is 4.90 Å². The summed E-state index contributed by atoms with van der Waals surface area (Å²) < 4.78 is 24.5. The van der Waals surface area contributed by atoms with Crippen LogP contribution in [0.25, 0.3) is 11.3 Å². The third-order valence-corrected chi connectivity index (χ3v) is 7.22. The molecule has 3 atom stereocenters. The minimum absolute atomic E-state index is 0.312. The van der Waals surface area contributed by atoms with Gasteiger partial charge in [-0.1, -0.05) is 17.7 Å². The molecule has 1 N–H and O–H groups in total. The second-order valence-electron chi connectivity index (χ2n) is 9.14. The smallest absolute Gasteiger partial charge is 0.231 e. The van der Waals surface area contributed by atoms with Crippen molar-refractivity contribution in [1.82, 2.24) is 15.1 Å². The number of benzene rings is 2. The fourth-order valence-electron chi connectivity index (χ4n) is 5.40. The molecule has 3 heterocycles. The van der Waals surface area contributed by atoms with Crippen molar-refractivity contribution in [3.8, 4) is 22.8 Å². The summed E-state index contributed by atoms with van der Waals surface area (Å²) in [6.45, 7) is 3.48. The average molecular weight is 467 g/mol. The van der Waals surface area contributed by atoms with Gasteiger partial charge in [0.25, 0.3) is 0 Å². The van der Waals surface area contributed by atoms with E-state index in [2.05, 4.69) is 32.5 Å². The lowest BCUT2D eigenvalue weighted by molar-refractivity contribution is 0.174. The Balaban J connectivity index is 1.04. The van der Waals surface area contributed by atoms with Crippen LogP contribution in [0.1, 0.15) is 18.4 Å². The third-order valence-electron chi connectivity index (χ3n) is 6.89. The Morgan fingerprint density at radius 1 is 0.970 bits per heavy atom. The molecule has 6 nitrogen and oxygen atoms in total. The number of halogens is 2. The van der Waals surface area contributed by atoms with Crippen LogP contribution in [0.15, 0.2) is 48.5 Å². The maximum Gasteiger partial charge on any atom is 0.231 e. The lowest BCUT2D eigenvalue weighted by Gasteiger charge is -2.20. The van der Waals surface area contributed by atoms with Crippen LogP contribution >= 0.6 is 11.6 Å². The second kappa shape index (κ2) is 8.47. The Hall–Kier alpha value is -2.90. The summed E-state index contributed by atoms with van der Waals surface area (Å²) >= 11 is 6.18. The van der Waals surface area contributed by atoms with Gasteiger partial charge in [-0.25, -0.2) is 4.39 Å². The van der Waals surface area contributed by atoms with E-state index in [0.717, 1.165) is 49.8 Å². The Morgan fingerprint density at radius 3 is 2.58 bits per heavy atom. The fourth-order valence-corrected chi connectivity index (χ4v) is 5.61. The zero-order chi connectivity index (χ0) is 22.4. The molecule has 2 aliphatic heterocycles. The third kappa shape index (κ3) is 4.23. The molecule has 8 heteroatoms. The van der Waals surface area contributed by atoms with Crippen molar-refractivity contribution >= 4 is 17.4 Å². The minimum atomic E-state index is -0.344. The van der Waals surface area contributed by atoms with E-state index < -0.39 is 0 Å². The van der Waals surface area contributed by atoms with Gasteiger partial charge < -0.3 is 14.8 Å². The van der Waals surface area contributed by atoms with E-state index in [9.17, 15) is 4.39 Å². The number of likely N-dealkylation sites (tertiary alicyclic amines) is 1. The lowest BCUT2D eigenvalue weighted by atomic mass is 10.0. The van der Waals surface area contributed by atoms with E-state index in [1.165, 1.54) is 23.8 Å². The molecule has 1 saturated carbocycles. The topological polar surface area (TPSA) is 59.5 Å². The highest BCUT2D eigenvalue weighted by Crippen LogP contribution is 2.40. The second-order valence-corrected chi connectivity index (χ2v) is 9.55. The quantitative estimate of drug-likeness (QED) is 0.571. The monoisotopic (exact) mass is 466 g/mol. The Kier molecular flexibility index (Phi) is 5.31. The van der Waals surface area contributed by atoms with Crippen LogP contribution in [-0.4, -0.2) is 41.0 Å². The molecule has 6 rings (SSSR count). The molecule has 170 valence electrons. The predicted octanol–water partition coefficient (Wildman–Crippen LogP) is 4.99. The predicted molar refractivity (Wildman–Crippen MR) is 124 cm³/mol. The van der Waals surface area contributed by atoms with Gasteiger partial charge in [-0.15, -0.1) is 10.2 Å². The summed E-state index contributed by atoms with van der Waals surface area (Å²) in [6.07, 6.45) is 2.25. The first-order valence-corrected chi connectivity index (χ1v) is 11.6. The number of nitrogens with zero attached hydrogens (tertiary/aromatic N) is 3. The van der Waals surface area contributed by atoms with Gasteiger partial charge in [0.05, 0.1) is 10.7 Å². The Bertz CT molecular complexity index is 1160.